The van der Waals surface area contributed by atoms with Crippen molar-refractivity contribution in [3.05, 3.63) is 29.1 Å². The van der Waals surface area contributed by atoms with Gasteiger partial charge in [0.2, 0.25) is 10.0 Å². The minimum atomic E-state index is -3.54. The molecule has 0 amide bonds. The van der Waals surface area contributed by atoms with Crippen molar-refractivity contribution in [3.8, 4) is 0 Å². The molecule has 1 aromatic carbocycles. The van der Waals surface area contributed by atoms with Gasteiger partial charge in [0.15, 0.2) is 0 Å². The molecule has 2 rings (SSSR count). The number of aryl methyl sites for hydroxylation is 2. The summed E-state index contributed by atoms with van der Waals surface area (Å²) in [5, 5.41) is 0. The molecule has 1 saturated heterocycles. The van der Waals surface area contributed by atoms with Gasteiger partial charge in [0, 0.05) is 24.1 Å². The molecule has 0 spiro atoms. The molecule has 0 radical (unpaired) electrons. The summed E-state index contributed by atoms with van der Waals surface area (Å²) in [6.45, 7) is 5.72. The number of sulfonamides is 1. The van der Waals surface area contributed by atoms with Crippen LogP contribution in [-0.2, 0) is 10.0 Å². The molecule has 106 valence electrons. The molecule has 0 saturated carbocycles. The van der Waals surface area contributed by atoms with Crippen LogP contribution in [0.5, 0.6) is 0 Å². The number of thioether (sulfide) groups is 1. The van der Waals surface area contributed by atoms with Gasteiger partial charge in [0.05, 0.1) is 4.90 Å². The number of hydrogen-bond donors (Lipinski definition) is 0. The van der Waals surface area contributed by atoms with E-state index >= 15 is 0 Å². The maximum atomic E-state index is 13.3. The Morgan fingerprint density at radius 3 is 2.42 bits per heavy atom. The fourth-order valence-electron chi connectivity index (χ4n) is 2.49. The van der Waals surface area contributed by atoms with E-state index in [-0.39, 0.29) is 10.9 Å². The zero-order chi connectivity index (χ0) is 14.2. The van der Waals surface area contributed by atoms with Gasteiger partial charge in [-0.1, -0.05) is 0 Å². The van der Waals surface area contributed by atoms with Gasteiger partial charge < -0.3 is 0 Å². The molecular formula is C13H18FNO2S2. The summed E-state index contributed by atoms with van der Waals surface area (Å²) in [5.74, 6) is 1.22. The van der Waals surface area contributed by atoms with Gasteiger partial charge in [-0.2, -0.15) is 16.1 Å². The lowest BCUT2D eigenvalue weighted by Crippen LogP contribution is -2.44. The molecule has 19 heavy (non-hydrogen) atoms. The van der Waals surface area contributed by atoms with E-state index in [1.54, 1.807) is 25.6 Å². The molecule has 1 unspecified atom stereocenters. The van der Waals surface area contributed by atoms with Crippen LogP contribution in [0.3, 0.4) is 0 Å². The molecule has 1 fully saturated rings. The highest BCUT2D eigenvalue weighted by Crippen LogP contribution is 2.29. The zero-order valence-electron chi connectivity index (χ0n) is 11.3. The third-order valence-corrected chi connectivity index (χ3v) is 6.81. The summed E-state index contributed by atoms with van der Waals surface area (Å²) in [7, 11) is -3.54. The number of halogens is 1. The van der Waals surface area contributed by atoms with E-state index in [4.69, 9.17) is 0 Å². The Bertz CT molecular complexity index is 563. The largest absolute Gasteiger partial charge is 0.243 e. The standard InChI is InChI=1S/C13H18FNO2S2/c1-9-6-12(14)7-10(2)13(9)19(16,17)15-4-5-18-8-11(15)3/h6-7,11H,4-5,8H2,1-3H3. The minimum absolute atomic E-state index is 0.0207. The number of hydrogen-bond acceptors (Lipinski definition) is 3. The van der Waals surface area contributed by atoms with Crippen LogP contribution in [0.1, 0.15) is 18.1 Å². The van der Waals surface area contributed by atoms with Gasteiger partial charge >= 0.3 is 0 Å². The summed E-state index contributed by atoms with van der Waals surface area (Å²) >= 11 is 1.76. The van der Waals surface area contributed by atoms with Crippen molar-refractivity contribution in [2.45, 2.75) is 31.7 Å². The fraction of sp³-hybridized carbons (Fsp3) is 0.538. The van der Waals surface area contributed by atoms with Gasteiger partial charge in [-0.15, -0.1) is 0 Å². The first-order valence-corrected chi connectivity index (χ1v) is 8.80. The highest BCUT2D eigenvalue weighted by Gasteiger charge is 2.33. The molecule has 0 aliphatic carbocycles. The van der Waals surface area contributed by atoms with Crippen LogP contribution in [0.15, 0.2) is 17.0 Å². The number of benzene rings is 1. The second kappa shape index (κ2) is 5.42. The van der Waals surface area contributed by atoms with Gasteiger partial charge in [0.1, 0.15) is 5.82 Å². The average molecular weight is 303 g/mol. The van der Waals surface area contributed by atoms with Crippen molar-refractivity contribution in [3.63, 3.8) is 0 Å². The number of rotatable bonds is 2. The predicted molar refractivity (Wildman–Crippen MR) is 76.6 cm³/mol. The van der Waals surface area contributed by atoms with Crippen LogP contribution in [0.25, 0.3) is 0 Å². The zero-order valence-corrected chi connectivity index (χ0v) is 12.9. The van der Waals surface area contributed by atoms with E-state index in [2.05, 4.69) is 0 Å². The lowest BCUT2D eigenvalue weighted by Gasteiger charge is -2.32. The molecule has 1 heterocycles. The summed E-state index contributed by atoms with van der Waals surface area (Å²) < 4.78 is 40.3. The molecule has 1 aromatic rings. The molecule has 6 heteroatoms. The van der Waals surface area contributed by atoms with E-state index < -0.39 is 15.8 Å². The van der Waals surface area contributed by atoms with Crippen molar-refractivity contribution in [1.29, 1.82) is 0 Å². The lowest BCUT2D eigenvalue weighted by atomic mass is 10.1. The lowest BCUT2D eigenvalue weighted by molar-refractivity contribution is 0.367. The van der Waals surface area contributed by atoms with Crippen molar-refractivity contribution < 1.29 is 12.8 Å². The Morgan fingerprint density at radius 2 is 1.89 bits per heavy atom. The van der Waals surface area contributed by atoms with Crippen LogP contribution in [-0.4, -0.2) is 36.8 Å². The van der Waals surface area contributed by atoms with Crippen LogP contribution in [0, 0.1) is 19.7 Å². The summed E-state index contributed by atoms with van der Waals surface area (Å²) in [5.41, 5.74) is 0.950. The normalized spacial score (nSPS) is 21.6. The molecular weight excluding hydrogens is 285 g/mol. The number of nitrogens with zero attached hydrogens (tertiary/aromatic N) is 1. The molecule has 1 atom stereocenters. The Kier molecular flexibility index (Phi) is 4.23. The van der Waals surface area contributed by atoms with Crippen molar-refractivity contribution in [2.24, 2.45) is 0 Å². The van der Waals surface area contributed by atoms with Crippen LogP contribution >= 0.6 is 11.8 Å². The molecule has 1 aliphatic rings. The van der Waals surface area contributed by atoms with Crippen molar-refractivity contribution in [1.82, 2.24) is 4.31 Å². The maximum absolute atomic E-state index is 13.3. The summed E-state index contributed by atoms with van der Waals surface area (Å²) in [4.78, 5) is 0.257. The maximum Gasteiger partial charge on any atom is 0.243 e. The summed E-state index contributed by atoms with van der Waals surface area (Å²) in [6.07, 6.45) is 0. The SMILES string of the molecule is Cc1cc(F)cc(C)c1S(=O)(=O)N1CCSCC1C. The van der Waals surface area contributed by atoms with Gasteiger partial charge in [0.25, 0.3) is 0 Å². The highest BCUT2D eigenvalue weighted by molar-refractivity contribution is 7.99. The first-order chi connectivity index (χ1) is 8.84. The van der Waals surface area contributed by atoms with Gasteiger partial charge in [-0.25, -0.2) is 12.8 Å². The molecule has 1 aliphatic heterocycles. The third-order valence-electron chi connectivity index (χ3n) is 3.30. The van der Waals surface area contributed by atoms with E-state index in [0.717, 1.165) is 11.5 Å². The second-order valence-corrected chi connectivity index (χ2v) is 7.89. The van der Waals surface area contributed by atoms with E-state index in [0.29, 0.717) is 17.7 Å². The smallest absolute Gasteiger partial charge is 0.207 e. The Morgan fingerprint density at radius 1 is 1.32 bits per heavy atom. The average Bonchev–Trinajstić information content (AvgIpc) is 2.27. The molecule has 3 nitrogen and oxygen atoms in total. The van der Waals surface area contributed by atoms with Crippen molar-refractivity contribution >= 4 is 21.8 Å². The van der Waals surface area contributed by atoms with Crippen LogP contribution in [0.4, 0.5) is 4.39 Å². The van der Waals surface area contributed by atoms with Crippen LogP contribution < -0.4 is 0 Å². The highest BCUT2D eigenvalue weighted by atomic mass is 32.2. The first-order valence-electron chi connectivity index (χ1n) is 6.20. The monoisotopic (exact) mass is 303 g/mol. The molecule has 0 bridgehead atoms. The van der Waals surface area contributed by atoms with Gasteiger partial charge in [-0.3, -0.25) is 0 Å². The first kappa shape index (κ1) is 14.8. The summed E-state index contributed by atoms with van der Waals surface area (Å²) in [6, 6.07) is 2.54. The van der Waals surface area contributed by atoms with Crippen molar-refractivity contribution in [2.75, 3.05) is 18.1 Å². The fourth-order valence-corrected chi connectivity index (χ4v) is 5.76. The molecule has 0 aromatic heterocycles. The van der Waals surface area contributed by atoms with Gasteiger partial charge in [-0.05, 0) is 44.0 Å². The third kappa shape index (κ3) is 2.80. The Balaban J connectivity index is 2.50. The van der Waals surface area contributed by atoms with E-state index in [1.807, 2.05) is 6.92 Å². The minimum Gasteiger partial charge on any atom is -0.207 e. The van der Waals surface area contributed by atoms with E-state index in [1.165, 1.54) is 16.4 Å². The molecule has 0 N–H and O–H groups in total. The quantitative estimate of drug-likeness (QED) is 0.842. The van der Waals surface area contributed by atoms with Crippen LogP contribution in [0.2, 0.25) is 0 Å². The predicted octanol–water partition coefficient (Wildman–Crippen LogP) is 2.57. The second-order valence-electron chi connectivity index (χ2n) is 4.91. The van der Waals surface area contributed by atoms with E-state index in [9.17, 15) is 12.8 Å². The topological polar surface area (TPSA) is 37.4 Å². The Labute approximate surface area is 118 Å². The Hall–Kier alpha value is -0.590.